The quantitative estimate of drug-likeness (QED) is 0.567. The lowest BCUT2D eigenvalue weighted by Gasteiger charge is -2.19. The van der Waals surface area contributed by atoms with Crippen molar-refractivity contribution in [1.82, 2.24) is 10.6 Å². The van der Waals surface area contributed by atoms with Crippen LogP contribution >= 0.6 is 0 Å². The molecule has 0 saturated heterocycles. The molecule has 4 heteroatoms. The zero-order chi connectivity index (χ0) is 16.7. The van der Waals surface area contributed by atoms with E-state index in [-0.39, 0.29) is 18.6 Å². The van der Waals surface area contributed by atoms with Crippen molar-refractivity contribution in [2.45, 2.75) is 26.8 Å². The molecule has 0 aliphatic rings. The normalized spacial score (nSPS) is 14.5. The van der Waals surface area contributed by atoms with Gasteiger partial charge in [0.15, 0.2) is 5.96 Å². The minimum absolute atomic E-state index is 0.154. The number of fused-ring (bicyclic) bond motifs is 1. The number of nitrogens with one attached hydrogen (secondary N) is 2. The Balaban J connectivity index is 2.11. The van der Waals surface area contributed by atoms with Gasteiger partial charge in [0.25, 0.3) is 0 Å². The summed E-state index contributed by atoms with van der Waals surface area (Å²) in [5, 5.41) is 18.3. The van der Waals surface area contributed by atoms with E-state index in [1.165, 1.54) is 16.3 Å². The molecule has 0 heterocycles. The van der Waals surface area contributed by atoms with Crippen molar-refractivity contribution in [3.63, 3.8) is 0 Å². The Kier molecular flexibility index (Phi) is 6.41. The molecule has 2 aromatic carbocycles. The number of hydrogen-bond acceptors (Lipinski definition) is 2. The Bertz CT molecular complexity index is 654. The highest BCUT2D eigenvalue weighted by Gasteiger charge is 2.09. The summed E-state index contributed by atoms with van der Waals surface area (Å²) in [7, 11) is 0. The molecule has 2 atom stereocenters. The van der Waals surface area contributed by atoms with Crippen LogP contribution in [0, 0.1) is 5.92 Å². The van der Waals surface area contributed by atoms with Gasteiger partial charge in [-0.3, -0.25) is 4.99 Å². The van der Waals surface area contributed by atoms with Gasteiger partial charge in [0, 0.05) is 19.7 Å². The number of guanidine groups is 1. The van der Waals surface area contributed by atoms with Gasteiger partial charge in [0.05, 0.1) is 6.04 Å². The van der Waals surface area contributed by atoms with Gasteiger partial charge >= 0.3 is 0 Å². The molecular formula is C19H27N3O. The fraction of sp³-hybridized carbons (Fsp3) is 0.421. The smallest absolute Gasteiger partial charge is 0.191 e. The standard InChI is InChI=1S/C19H27N3O/c1-4-20-19(21-12-14(2)13-23)22-15(3)17-10-9-16-7-5-6-8-18(16)11-17/h5-11,14-15,23H,4,12-13H2,1-3H3,(H2,20,21,22). The van der Waals surface area contributed by atoms with E-state index in [0.29, 0.717) is 6.54 Å². The first-order valence-corrected chi connectivity index (χ1v) is 8.28. The molecule has 23 heavy (non-hydrogen) atoms. The molecule has 0 radical (unpaired) electrons. The molecule has 0 amide bonds. The maximum atomic E-state index is 9.13. The largest absolute Gasteiger partial charge is 0.396 e. The molecule has 0 saturated carbocycles. The average molecular weight is 313 g/mol. The molecule has 0 aliphatic heterocycles. The molecule has 0 fully saturated rings. The van der Waals surface area contributed by atoms with Crippen molar-refractivity contribution in [2.75, 3.05) is 19.7 Å². The molecule has 0 bridgehead atoms. The number of aliphatic hydroxyl groups is 1. The van der Waals surface area contributed by atoms with Gasteiger partial charge in [-0.2, -0.15) is 0 Å². The second-order valence-electron chi connectivity index (χ2n) is 5.98. The zero-order valence-corrected chi connectivity index (χ0v) is 14.2. The average Bonchev–Trinajstić information content (AvgIpc) is 2.59. The van der Waals surface area contributed by atoms with Crippen molar-refractivity contribution in [2.24, 2.45) is 10.9 Å². The molecule has 124 valence electrons. The molecule has 4 nitrogen and oxygen atoms in total. The van der Waals surface area contributed by atoms with Crippen molar-refractivity contribution in [1.29, 1.82) is 0 Å². The Hall–Kier alpha value is -2.07. The van der Waals surface area contributed by atoms with E-state index in [0.717, 1.165) is 12.5 Å². The van der Waals surface area contributed by atoms with Crippen LogP contribution in [0.25, 0.3) is 10.8 Å². The van der Waals surface area contributed by atoms with Crippen LogP contribution in [-0.4, -0.2) is 30.8 Å². The van der Waals surface area contributed by atoms with Crippen molar-refractivity contribution in [3.05, 3.63) is 48.0 Å². The summed E-state index contributed by atoms with van der Waals surface area (Å²) in [6, 6.07) is 15.1. The van der Waals surface area contributed by atoms with E-state index < -0.39 is 0 Å². The van der Waals surface area contributed by atoms with Crippen LogP contribution in [0.3, 0.4) is 0 Å². The Morgan fingerprint density at radius 2 is 1.87 bits per heavy atom. The van der Waals surface area contributed by atoms with Crippen molar-refractivity contribution >= 4 is 16.7 Å². The van der Waals surface area contributed by atoms with Gasteiger partial charge in [0.2, 0.25) is 0 Å². The lowest BCUT2D eigenvalue weighted by Crippen LogP contribution is -2.39. The van der Waals surface area contributed by atoms with E-state index >= 15 is 0 Å². The van der Waals surface area contributed by atoms with Gasteiger partial charge < -0.3 is 15.7 Å². The van der Waals surface area contributed by atoms with Crippen LogP contribution in [0.15, 0.2) is 47.5 Å². The monoisotopic (exact) mass is 313 g/mol. The first-order valence-electron chi connectivity index (χ1n) is 8.28. The molecule has 3 N–H and O–H groups in total. The number of nitrogens with zero attached hydrogens (tertiary/aromatic N) is 1. The van der Waals surface area contributed by atoms with Crippen LogP contribution in [-0.2, 0) is 0 Å². The minimum Gasteiger partial charge on any atom is -0.396 e. The molecule has 0 spiro atoms. The number of benzene rings is 2. The third kappa shape index (κ3) is 4.96. The van der Waals surface area contributed by atoms with Crippen LogP contribution in [0.4, 0.5) is 0 Å². The number of hydrogen-bond donors (Lipinski definition) is 3. The fourth-order valence-electron chi connectivity index (χ4n) is 2.39. The highest BCUT2D eigenvalue weighted by Crippen LogP contribution is 2.20. The maximum Gasteiger partial charge on any atom is 0.191 e. The summed E-state index contributed by atoms with van der Waals surface area (Å²) in [6.07, 6.45) is 0. The number of aliphatic hydroxyl groups excluding tert-OH is 1. The summed E-state index contributed by atoms with van der Waals surface area (Å²) >= 11 is 0. The zero-order valence-electron chi connectivity index (χ0n) is 14.2. The maximum absolute atomic E-state index is 9.13. The lowest BCUT2D eigenvalue weighted by atomic mass is 10.0. The van der Waals surface area contributed by atoms with Gasteiger partial charge in [-0.1, -0.05) is 43.3 Å². The molecule has 0 aliphatic carbocycles. The number of rotatable bonds is 6. The third-order valence-corrected chi connectivity index (χ3v) is 3.84. The second-order valence-corrected chi connectivity index (χ2v) is 5.98. The minimum atomic E-state index is 0.154. The summed E-state index contributed by atoms with van der Waals surface area (Å²) < 4.78 is 0. The van der Waals surface area contributed by atoms with Gasteiger partial charge in [0.1, 0.15) is 0 Å². The highest BCUT2D eigenvalue weighted by atomic mass is 16.3. The summed E-state index contributed by atoms with van der Waals surface area (Å²) in [5.41, 5.74) is 1.23. The van der Waals surface area contributed by atoms with Crippen molar-refractivity contribution in [3.8, 4) is 0 Å². The van der Waals surface area contributed by atoms with Crippen LogP contribution in [0.5, 0.6) is 0 Å². The highest BCUT2D eigenvalue weighted by molar-refractivity contribution is 5.84. The summed E-state index contributed by atoms with van der Waals surface area (Å²) in [6.45, 7) is 7.74. The van der Waals surface area contributed by atoms with Gasteiger partial charge in [-0.25, -0.2) is 0 Å². The van der Waals surface area contributed by atoms with E-state index in [1.807, 2.05) is 13.8 Å². The third-order valence-electron chi connectivity index (χ3n) is 3.84. The lowest BCUT2D eigenvalue weighted by molar-refractivity contribution is 0.241. The molecule has 2 aromatic rings. The molecule has 2 rings (SSSR count). The Labute approximate surface area is 138 Å². The van der Waals surface area contributed by atoms with Crippen LogP contribution in [0.1, 0.15) is 32.4 Å². The van der Waals surface area contributed by atoms with Crippen LogP contribution in [0.2, 0.25) is 0 Å². The Morgan fingerprint density at radius 1 is 1.13 bits per heavy atom. The van der Waals surface area contributed by atoms with E-state index in [4.69, 9.17) is 5.11 Å². The Morgan fingerprint density at radius 3 is 2.57 bits per heavy atom. The van der Waals surface area contributed by atoms with Gasteiger partial charge in [-0.05, 0) is 42.2 Å². The van der Waals surface area contributed by atoms with E-state index in [2.05, 4.69) is 65.0 Å². The summed E-state index contributed by atoms with van der Waals surface area (Å²) in [4.78, 5) is 4.55. The van der Waals surface area contributed by atoms with Gasteiger partial charge in [-0.15, -0.1) is 0 Å². The first-order chi connectivity index (χ1) is 11.1. The summed E-state index contributed by atoms with van der Waals surface area (Å²) in [5.74, 6) is 0.954. The van der Waals surface area contributed by atoms with E-state index in [1.54, 1.807) is 0 Å². The number of aliphatic imine (C=N–C) groups is 1. The SMILES string of the molecule is CCNC(=NCC(C)CO)NC(C)c1ccc2ccccc2c1. The van der Waals surface area contributed by atoms with E-state index in [9.17, 15) is 0 Å². The fourth-order valence-corrected chi connectivity index (χ4v) is 2.39. The first kappa shape index (κ1) is 17.3. The topological polar surface area (TPSA) is 56.7 Å². The molecule has 2 unspecified atom stereocenters. The molecule has 0 aromatic heterocycles. The van der Waals surface area contributed by atoms with Crippen molar-refractivity contribution < 1.29 is 5.11 Å². The van der Waals surface area contributed by atoms with Crippen LogP contribution < -0.4 is 10.6 Å². The second kappa shape index (κ2) is 8.53. The predicted octanol–water partition coefficient (Wildman–Crippen LogP) is 3.08. The predicted molar refractivity (Wildman–Crippen MR) is 97.7 cm³/mol. The molecular weight excluding hydrogens is 286 g/mol.